The zero-order valence-corrected chi connectivity index (χ0v) is 23.4. The van der Waals surface area contributed by atoms with Gasteiger partial charge in [0.15, 0.2) is 0 Å². The van der Waals surface area contributed by atoms with Crippen LogP contribution in [0.4, 0.5) is 10.5 Å². The molecule has 1 aliphatic rings. The lowest BCUT2D eigenvalue weighted by Gasteiger charge is -2.33. The summed E-state index contributed by atoms with van der Waals surface area (Å²) in [5.41, 5.74) is 1.06. The van der Waals surface area contributed by atoms with Crippen LogP contribution in [0.1, 0.15) is 33.3 Å². The molecule has 0 spiro atoms. The second-order valence-corrected chi connectivity index (χ2v) is 12.9. The molecule has 204 valence electrons. The molecule has 0 fully saturated rings. The number of aliphatic hydroxyl groups is 1. The van der Waals surface area contributed by atoms with Crippen molar-refractivity contribution in [3.8, 4) is 5.75 Å². The quantitative estimate of drug-likeness (QED) is 0.462. The van der Waals surface area contributed by atoms with Crippen LogP contribution in [0.3, 0.4) is 0 Å². The summed E-state index contributed by atoms with van der Waals surface area (Å²) < 4.78 is 34.0. The average Bonchev–Trinajstić information content (AvgIpc) is 3.38. The molecule has 0 saturated carbocycles. The number of thiophene rings is 1. The van der Waals surface area contributed by atoms with Crippen LogP contribution in [0.15, 0.2) is 39.9 Å². The number of aliphatic hydroxyl groups excluding tert-OH is 1. The highest BCUT2D eigenvalue weighted by Gasteiger charge is 2.33. The van der Waals surface area contributed by atoms with Gasteiger partial charge >= 0.3 is 6.03 Å². The molecule has 12 heteroatoms. The van der Waals surface area contributed by atoms with E-state index in [9.17, 15) is 23.1 Å². The first-order valence-corrected chi connectivity index (χ1v) is 14.5. The topological polar surface area (TPSA) is 128 Å². The van der Waals surface area contributed by atoms with Crippen LogP contribution < -0.4 is 15.4 Å². The van der Waals surface area contributed by atoms with Crippen molar-refractivity contribution in [1.29, 1.82) is 0 Å². The molecule has 0 radical (unpaired) electrons. The van der Waals surface area contributed by atoms with Gasteiger partial charge in [-0.05, 0) is 50.4 Å². The number of carbonyl (C=O) groups is 2. The van der Waals surface area contributed by atoms with Gasteiger partial charge in [0, 0.05) is 36.8 Å². The predicted octanol–water partition coefficient (Wildman–Crippen LogP) is 2.75. The summed E-state index contributed by atoms with van der Waals surface area (Å²) in [6.07, 6.45) is -0.579. The standard InChI is InChI=1S/C25H36N4O6S2/c1-16(2)26-25(32)27-20-8-9-21-19(11-20)12-23(31)29(18(4)15-30)13-17(3)22(35-21)14-28(5)37(33,34)24-7-6-10-36-24/h6-11,16-18,22,30H,12-15H2,1-5H3,(H2,26,27,32)/t17-,18+,22-/m1/s1. The van der Waals surface area contributed by atoms with Gasteiger partial charge in [-0.15, -0.1) is 11.3 Å². The van der Waals surface area contributed by atoms with Crippen LogP contribution in [0.25, 0.3) is 0 Å². The number of nitrogens with zero attached hydrogens (tertiary/aromatic N) is 2. The summed E-state index contributed by atoms with van der Waals surface area (Å²) in [6, 6.07) is 7.47. The van der Waals surface area contributed by atoms with Gasteiger partial charge in [-0.2, -0.15) is 4.31 Å². The van der Waals surface area contributed by atoms with E-state index < -0.39 is 22.2 Å². The highest BCUT2D eigenvalue weighted by Crippen LogP contribution is 2.30. The van der Waals surface area contributed by atoms with Gasteiger partial charge in [0.05, 0.1) is 25.6 Å². The maximum Gasteiger partial charge on any atom is 0.319 e. The number of rotatable bonds is 8. The Morgan fingerprint density at radius 2 is 2.03 bits per heavy atom. The Labute approximate surface area is 222 Å². The Morgan fingerprint density at radius 3 is 2.65 bits per heavy atom. The highest BCUT2D eigenvalue weighted by atomic mass is 32.2. The van der Waals surface area contributed by atoms with Gasteiger partial charge in [-0.25, -0.2) is 13.2 Å². The Hall–Kier alpha value is -2.67. The Balaban J connectivity index is 1.95. The monoisotopic (exact) mass is 552 g/mol. The van der Waals surface area contributed by atoms with E-state index in [0.717, 1.165) is 11.3 Å². The largest absolute Gasteiger partial charge is 0.488 e. The minimum absolute atomic E-state index is 0.00374. The summed E-state index contributed by atoms with van der Waals surface area (Å²) in [4.78, 5) is 27.1. The minimum atomic E-state index is -3.70. The molecular weight excluding hydrogens is 516 g/mol. The molecule has 3 N–H and O–H groups in total. The fraction of sp³-hybridized carbons (Fsp3) is 0.520. The maximum atomic E-state index is 13.3. The van der Waals surface area contributed by atoms with Crippen molar-refractivity contribution >= 4 is 39.0 Å². The molecule has 0 aliphatic carbocycles. The zero-order chi connectivity index (χ0) is 27.3. The summed E-state index contributed by atoms with van der Waals surface area (Å²) in [5.74, 6) is 0.00203. The van der Waals surface area contributed by atoms with Crippen molar-refractivity contribution in [3.05, 3.63) is 41.3 Å². The van der Waals surface area contributed by atoms with E-state index in [1.165, 1.54) is 11.4 Å². The zero-order valence-electron chi connectivity index (χ0n) is 21.8. The summed E-state index contributed by atoms with van der Waals surface area (Å²) >= 11 is 1.15. The van der Waals surface area contributed by atoms with Crippen molar-refractivity contribution in [3.63, 3.8) is 0 Å². The number of hydrogen-bond acceptors (Lipinski definition) is 7. The smallest absolute Gasteiger partial charge is 0.319 e. The van der Waals surface area contributed by atoms with Crippen LogP contribution >= 0.6 is 11.3 Å². The molecule has 1 aromatic heterocycles. The van der Waals surface area contributed by atoms with Gasteiger partial charge < -0.3 is 25.4 Å². The summed E-state index contributed by atoms with van der Waals surface area (Å²) in [7, 11) is -2.19. The van der Waals surface area contributed by atoms with Gasteiger partial charge in [-0.1, -0.05) is 13.0 Å². The molecule has 0 bridgehead atoms. The first-order chi connectivity index (χ1) is 17.4. The number of anilines is 1. The van der Waals surface area contributed by atoms with Crippen molar-refractivity contribution in [2.45, 2.75) is 56.5 Å². The van der Waals surface area contributed by atoms with Crippen LogP contribution in [-0.4, -0.2) is 79.6 Å². The first kappa shape index (κ1) is 28.9. The Morgan fingerprint density at radius 1 is 1.30 bits per heavy atom. The number of fused-ring (bicyclic) bond motifs is 1. The number of likely N-dealkylation sites (N-methyl/N-ethyl adjacent to an activating group) is 1. The molecule has 37 heavy (non-hydrogen) atoms. The lowest BCUT2D eigenvalue weighted by atomic mass is 10.0. The third-order valence-electron chi connectivity index (χ3n) is 6.19. The van der Waals surface area contributed by atoms with E-state index in [1.807, 2.05) is 20.8 Å². The lowest BCUT2D eigenvalue weighted by molar-refractivity contribution is -0.134. The van der Waals surface area contributed by atoms with E-state index in [4.69, 9.17) is 4.74 Å². The number of urea groups is 1. The number of ether oxygens (including phenoxy) is 1. The second-order valence-electron chi connectivity index (χ2n) is 9.68. The summed E-state index contributed by atoms with van der Waals surface area (Å²) in [5, 5.41) is 17.0. The predicted molar refractivity (Wildman–Crippen MR) is 143 cm³/mol. The lowest BCUT2D eigenvalue weighted by Crippen LogP contribution is -2.48. The van der Waals surface area contributed by atoms with Crippen molar-refractivity contribution in [2.75, 3.05) is 32.1 Å². The molecule has 1 aromatic carbocycles. The molecule has 2 heterocycles. The molecule has 3 amide bonds. The molecule has 3 rings (SSSR count). The molecule has 3 atom stereocenters. The average molecular weight is 553 g/mol. The molecule has 0 unspecified atom stereocenters. The maximum absolute atomic E-state index is 13.3. The van der Waals surface area contributed by atoms with E-state index in [2.05, 4.69) is 10.6 Å². The number of hydrogen-bond donors (Lipinski definition) is 3. The second kappa shape index (κ2) is 12.2. The first-order valence-electron chi connectivity index (χ1n) is 12.2. The number of benzene rings is 1. The Bertz CT molecular complexity index is 1190. The number of amides is 3. The van der Waals surface area contributed by atoms with Crippen LogP contribution in [0.2, 0.25) is 0 Å². The number of carbonyl (C=O) groups excluding carboxylic acids is 2. The fourth-order valence-corrected chi connectivity index (χ4v) is 6.45. The third-order valence-corrected chi connectivity index (χ3v) is 9.39. The molecule has 10 nitrogen and oxygen atoms in total. The van der Waals surface area contributed by atoms with E-state index in [1.54, 1.807) is 47.5 Å². The van der Waals surface area contributed by atoms with Crippen LogP contribution in [-0.2, 0) is 21.2 Å². The van der Waals surface area contributed by atoms with Gasteiger partial charge in [-0.3, -0.25) is 4.79 Å². The van der Waals surface area contributed by atoms with Crippen LogP contribution in [0, 0.1) is 5.92 Å². The van der Waals surface area contributed by atoms with Gasteiger partial charge in [0.25, 0.3) is 10.0 Å². The molecule has 0 saturated heterocycles. The fourth-order valence-electron chi connectivity index (χ4n) is 4.07. The number of nitrogens with one attached hydrogen (secondary N) is 2. The minimum Gasteiger partial charge on any atom is -0.488 e. The van der Waals surface area contributed by atoms with E-state index >= 15 is 0 Å². The Kier molecular flexibility index (Phi) is 9.57. The SMILES string of the molecule is CC(C)NC(=O)Nc1ccc2c(c1)CC(=O)N([C@@H](C)CO)C[C@@H](C)[C@@H](CN(C)S(=O)(=O)c1cccs1)O2. The highest BCUT2D eigenvalue weighted by molar-refractivity contribution is 7.91. The van der Waals surface area contributed by atoms with Gasteiger partial charge in [0.2, 0.25) is 5.91 Å². The van der Waals surface area contributed by atoms with Crippen LogP contribution in [0.5, 0.6) is 5.75 Å². The normalized spacial score (nSPS) is 19.5. The molecular formula is C25H36N4O6S2. The van der Waals surface area contributed by atoms with Gasteiger partial charge in [0.1, 0.15) is 16.1 Å². The number of sulfonamides is 1. The van der Waals surface area contributed by atoms with E-state index in [-0.39, 0.29) is 54.2 Å². The third kappa shape index (κ3) is 7.22. The molecule has 1 aliphatic heterocycles. The van der Waals surface area contributed by atoms with Crippen molar-refractivity contribution in [1.82, 2.24) is 14.5 Å². The van der Waals surface area contributed by atoms with Crippen molar-refractivity contribution < 1.29 is 27.9 Å². The summed E-state index contributed by atoms with van der Waals surface area (Å²) in [6.45, 7) is 7.51. The van der Waals surface area contributed by atoms with Crippen molar-refractivity contribution in [2.24, 2.45) is 5.92 Å². The van der Waals surface area contributed by atoms with E-state index in [0.29, 0.717) is 17.0 Å². The molecule has 2 aromatic rings.